The van der Waals surface area contributed by atoms with Gasteiger partial charge in [-0.25, -0.2) is 4.79 Å². The van der Waals surface area contributed by atoms with E-state index in [2.05, 4.69) is 40.3 Å². The van der Waals surface area contributed by atoms with E-state index in [0.717, 1.165) is 35.5 Å². The van der Waals surface area contributed by atoms with E-state index in [0.29, 0.717) is 41.8 Å². The Labute approximate surface area is 192 Å². The molecule has 4 heterocycles. The predicted molar refractivity (Wildman–Crippen MR) is 120 cm³/mol. The third-order valence-electron chi connectivity index (χ3n) is 6.47. The molecule has 1 saturated heterocycles. The van der Waals surface area contributed by atoms with Crippen LogP contribution >= 0.6 is 0 Å². The number of hydrogen-bond acceptors (Lipinski definition) is 8. The molecule has 3 aromatic rings. The first-order chi connectivity index (χ1) is 15.9. The number of hydrogen-bond donors (Lipinski definition) is 1. The monoisotopic (exact) mass is 443 g/mol. The Morgan fingerprint density at radius 2 is 2.12 bits per heavy atom. The molecule has 2 aliphatic rings. The molecule has 33 heavy (non-hydrogen) atoms. The van der Waals surface area contributed by atoms with Gasteiger partial charge in [0.15, 0.2) is 5.76 Å². The van der Waals surface area contributed by atoms with Crippen molar-refractivity contribution in [2.24, 2.45) is 0 Å². The Hall–Kier alpha value is -3.54. The van der Waals surface area contributed by atoms with Crippen molar-refractivity contribution >= 4 is 5.97 Å². The Kier molecular flexibility index (Phi) is 5.44. The van der Waals surface area contributed by atoms with Gasteiger partial charge in [0.05, 0.1) is 16.8 Å². The minimum atomic E-state index is -0.236. The number of carbonyl (C=O) groups excluding carboxylic acids is 1. The van der Waals surface area contributed by atoms with E-state index in [4.69, 9.17) is 14.5 Å². The van der Waals surface area contributed by atoms with Crippen molar-refractivity contribution in [1.29, 1.82) is 5.26 Å². The molecular weight excluding hydrogens is 418 g/mol. The van der Waals surface area contributed by atoms with Gasteiger partial charge in [0.25, 0.3) is 0 Å². The van der Waals surface area contributed by atoms with Crippen LogP contribution in [0.2, 0.25) is 0 Å². The summed E-state index contributed by atoms with van der Waals surface area (Å²) in [7, 11) is 0. The number of carbonyl (C=O) groups is 1. The summed E-state index contributed by atoms with van der Waals surface area (Å²) in [5, 5.41) is 17.1. The fraction of sp³-hybridized carbons (Fsp3) is 0.360. The van der Waals surface area contributed by atoms with Gasteiger partial charge in [0, 0.05) is 49.5 Å². The summed E-state index contributed by atoms with van der Waals surface area (Å²) in [6, 6.07) is 10.3. The molecule has 1 N–H and O–H groups in total. The smallest absolute Gasteiger partial charge is 0.338 e. The van der Waals surface area contributed by atoms with Crippen LogP contribution in [0.15, 0.2) is 35.0 Å². The number of cyclic esters (lactones) is 1. The van der Waals surface area contributed by atoms with Crippen LogP contribution in [0.3, 0.4) is 0 Å². The second kappa shape index (κ2) is 8.43. The highest BCUT2D eigenvalue weighted by atomic mass is 16.5. The molecule has 1 fully saturated rings. The molecule has 0 aliphatic carbocycles. The summed E-state index contributed by atoms with van der Waals surface area (Å²) in [6.07, 6.45) is 1.56. The molecule has 0 bridgehead atoms. The van der Waals surface area contributed by atoms with Crippen LogP contribution in [-0.2, 0) is 17.9 Å². The van der Waals surface area contributed by atoms with Gasteiger partial charge in [-0.05, 0) is 49.6 Å². The molecule has 5 rings (SSSR count). The minimum absolute atomic E-state index is 0.143. The first kappa shape index (κ1) is 21.3. The van der Waals surface area contributed by atoms with E-state index < -0.39 is 0 Å². The second-order valence-electron chi connectivity index (χ2n) is 8.88. The molecule has 0 amide bonds. The summed E-state index contributed by atoms with van der Waals surface area (Å²) in [5.74, 6) is 0.358. The first-order valence-electron chi connectivity index (χ1n) is 11.0. The fourth-order valence-corrected chi connectivity index (χ4v) is 4.78. The minimum Gasteiger partial charge on any atom is -0.457 e. The molecular formula is C25H25N5O3. The normalized spacial score (nSPS) is 20.4. The number of piperazine rings is 1. The average molecular weight is 444 g/mol. The number of esters is 1. The summed E-state index contributed by atoms with van der Waals surface area (Å²) in [4.78, 5) is 18.6. The summed E-state index contributed by atoms with van der Waals surface area (Å²) >= 11 is 0. The number of ether oxygens (including phenoxy) is 1. The standard InChI is InChI=1S/C25H25N5O3/c1-14-6-22(27-9-17(14)8-26)24-7-18(29-33-24)11-30-10-15(2)28-23(12-30)19-4-5-20-21(16(19)3)13-32-25(20)31/h4-7,9,15,23,28H,10-13H2,1-3H3/t15?,23-/m0/s1. The Bertz CT molecular complexity index is 1280. The summed E-state index contributed by atoms with van der Waals surface area (Å²) in [5.41, 5.74) is 6.91. The molecule has 8 nitrogen and oxygen atoms in total. The van der Waals surface area contributed by atoms with E-state index in [1.165, 1.54) is 5.56 Å². The van der Waals surface area contributed by atoms with Gasteiger partial charge < -0.3 is 14.6 Å². The Balaban J connectivity index is 1.33. The maximum absolute atomic E-state index is 11.9. The van der Waals surface area contributed by atoms with Crippen molar-refractivity contribution in [1.82, 2.24) is 20.4 Å². The topological polar surface area (TPSA) is 104 Å². The largest absolute Gasteiger partial charge is 0.457 e. The molecule has 0 radical (unpaired) electrons. The maximum Gasteiger partial charge on any atom is 0.338 e. The van der Waals surface area contributed by atoms with Crippen molar-refractivity contribution < 1.29 is 14.1 Å². The van der Waals surface area contributed by atoms with E-state index in [1.54, 1.807) is 6.20 Å². The van der Waals surface area contributed by atoms with Crippen LogP contribution in [0.1, 0.15) is 56.8 Å². The fourth-order valence-electron chi connectivity index (χ4n) is 4.78. The summed E-state index contributed by atoms with van der Waals surface area (Å²) in [6.45, 7) is 8.83. The highest BCUT2D eigenvalue weighted by molar-refractivity contribution is 5.94. The van der Waals surface area contributed by atoms with Crippen molar-refractivity contribution in [3.05, 3.63) is 69.5 Å². The van der Waals surface area contributed by atoms with Gasteiger partial charge in [0.2, 0.25) is 0 Å². The van der Waals surface area contributed by atoms with E-state index >= 15 is 0 Å². The second-order valence-corrected chi connectivity index (χ2v) is 8.88. The molecule has 168 valence electrons. The van der Waals surface area contributed by atoms with Crippen LogP contribution < -0.4 is 5.32 Å². The molecule has 1 unspecified atom stereocenters. The first-order valence-corrected chi connectivity index (χ1v) is 11.0. The van der Waals surface area contributed by atoms with Crippen LogP contribution in [0.25, 0.3) is 11.5 Å². The number of pyridine rings is 1. The molecule has 0 spiro atoms. The lowest BCUT2D eigenvalue weighted by molar-refractivity contribution is 0.0535. The number of rotatable bonds is 4. The third-order valence-corrected chi connectivity index (χ3v) is 6.47. The number of aromatic nitrogens is 2. The highest BCUT2D eigenvalue weighted by Gasteiger charge is 2.30. The summed E-state index contributed by atoms with van der Waals surface area (Å²) < 4.78 is 10.8. The molecule has 2 atom stereocenters. The number of aryl methyl sites for hydroxylation is 1. The number of nitriles is 1. The molecule has 8 heteroatoms. The van der Waals surface area contributed by atoms with Crippen LogP contribution in [0, 0.1) is 25.2 Å². The van der Waals surface area contributed by atoms with Gasteiger partial charge >= 0.3 is 5.97 Å². The van der Waals surface area contributed by atoms with E-state index in [1.807, 2.05) is 31.2 Å². The molecule has 2 aliphatic heterocycles. The number of benzene rings is 1. The zero-order valence-corrected chi connectivity index (χ0v) is 18.9. The predicted octanol–water partition coefficient (Wildman–Crippen LogP) is 3.43. The number of nitrogens with one attached hydrogen (secondary N) is 1. The lowest BCUT2D eigenvalue weighted by Gasteiger charge is -2.38. The number of nitrogens with zero attached hydrogens (tertiary/aromatic N) is 4. The third kappa shape index (κ3) is 4.01. The average Bonchev–Trinajstić information content (AvgIpc) is 3.41. The quantitative estimate of drug-likeness (QED) is 0.612. The SMILES string of the molecule is Cc1cc(-c2cc(CN3CC(C)N[C@H](c4ccc5c(c4C)COC5=O)C3)no2)ncc1C#N. The Morgan fingerprint density at radius 3 is 2.91 bits per heavy atom. The Morgan fingerprint density at radius 1 is 1.27 bits per heavy atom. The van der Waals surface area contributed by atoms with Crippen molar-refractivity contribution in [3.63, 3.8) is 0 Å². The van der Waals surface area contributed by atoms with Gasteiger partial charge in [-0.3, -0.25) is 9.88 Å². The zero-order valence-electron chi connectivity index (χ0n) is 18.9. The molecule has 1 aromatic carbocycles. The van der Waals surface area contributed by atoms with Crippen molar-refractivity contribution in [2.75, 3.05) is 13.1 Å². The maximum atomic E-state index is 11.9. The van der Waals surface area contributed by atoms with Gasteiger partial charge in [-0.15, -0.1) is 0 Å². The molecule has 2 aromatic heterocycles. The van der Waals surface area contributed by atoms with Gasteiger partial charge in [-0.1, -0.05) is 11.2 Å². The van der Waals surface area contributed by atoms with Crippen LogP contribution in [-0.4, -0.2) is 40.1 Å². The highest BCUT2D eigenvalue weighted by Crippen LogP contribution is 2.31. The molecule has 0 saturated carbocycles. The van der Waals surface area contributed by atoms with Crippen LogP contribution in [0.4, 0.5) is 0 Å². The lowest BCUT2D eigenvalue weighted by atomic mass is 9.92. The van der Waals surface area contributed by atoms with Crippen LogP contribution in [0.5, 0.6) is 0 Å². The van der Waals surface area contributed by atoms with E-state index in [9.17, 15) is 4.79 Å². The number of fused-ring (bicyclic) bond motifs is 1. The van der Waals surface area contributed by atoms with Gasteiger partial charge in [-0.2, -0.15) is 5.26 Å². The van der Waals surface area contributed by atoms with Crippen molar-refractivity contribution in [2.45, 2.75) is 46.0 Å². The zero-order chi connectivity index (χ0) is 23.1. The lowest BCUT2D eigenvalue weighted by Crippen LogP contribution is -2.50. The van der Waals surface area contributed by atoms with Crippen molar-refractivity contribution in [3.8, 4) is 17.5 Å². The van der Waals surface area contributed by atoms with E-state index in [-0.39, 0.29) is 12.0 Å². The van der Waals surface area contributed by atoms with Gasteiger partial charge in [0.1, 0.15) is 18.4 Å².